The number of hydrogen-bond donors (Lipinski definition) is 2. The highest BCUT2D eigenvalue weighted by Gasteiger charge is 2.33. The Morgan fingerprint density at radius 1 is 1.17 bits per heavy atom. The second kappa shape index (κ2) is 5.39. The number of amides is 1. The van der Waals surface area contributed by atoms with Crippen molar-refractivity contribution in [1.82, 2.24) is 9.80 Å². The third-order valence-corrected chi connectivity index (χ3v) is 3.52. The zero-order valence-corrected chi connectivity index (χ0v) is 10.3. The van der Waals surface area contributed by atoms with Gasteiger partial charge in [0, 0.05) is 13.1 Å². The molecule has 2 heterocycles. The third kappa shape index (κ3) is 2.64. The zero-order chi connectivity index (χ0) is 13.1. The van der Waals surface area contributed by atoms with E-state index >= 15 is 0 Å². The number of hydrogen-bond acceptors (Lipinski definition) is 4. The van der Waals surface area contributed by atoms with E-state index in [-0.39, 0.29) is 12.1 Å². The van der Waals surface area contributed by atoms with E-state index in [1.54, 1.807) is 0 Å². The van der Waals surface area contributed by atoms with Gasteiger partial charge in [-0.1, -0.05) is 6.42 Å². The van der Waals surface area contributed by atoms with Crippen LogP contribution >= 0.6 is 0 Å². The molecule has 1 saturated heterocycles. The van der Waals surface area contributed by atoms with Gasteiger partial charge in [0.2, 0.25) is 0 Å². The number of nitrogens with zero attached hydrogens (tertiary/aromatic N) is 2. The van der Waals surface area contributed by atoms with Gasteiger partial charge in [-0.05, 0) is 25.9 Å². The molecule has 0 aromatic carbocycles. The molecule has 0 atom stereocenters. The first-order chi connectivity index (χ1) is 8.59. The van der Waals surface area contributed by atoms with Crippen molar-refractivity contribution in [2.24, 2.45) is 0 Å². The molecular weight excluding hydrogens is 236 g/mol. The monoisotopic (exact) mass is 254 g/mol. The van der Waals surface area contributed by atoms with Gasteiger partial charge >= 0.3 is 5.97 Å². The summed E-state index contributed by atoms with van der Waals surface area (Å²) in [5, 5.41) is 18.3. The number of piperidine rings is 1. The summed E-state index contributed by atoms with van der Waals surface area (Å²) < 4.78 is 0. The van der Waals surface area contributed by atoms with E-state index in [1.165, 1.54) is 24.2 Å². The van der Waals surface area contributed by atoms with Crippen molar-refractivity contribution in [1.29, 1.82) is 0 Å². The van der Waals surface area contributed by atoms with E-state index in [2.05, 4.69) is 4.90 Å². The minimum atomic E-state index is -1.22. The van der Waals surface area contributed by atoms with Crippen LogP contribution in [-0.4, -0.2) is 64.6 Å². The molecule has 100 valence electrons. The van der Waals surface area contributed by atoms with Crippen LogP contribution in [0.4, 0.5) is 0 Å². The summed E-state index contributed by atoms with van der Waals surface area (Å²) in [6.07, 6.45) is 3.61. The number of rotatable bonds is 4. The highest BCUT2D eigenvalue weighted by atomic mass is 16.4. The average molecular weight is 254 g/mol. The topological polar surface area (TPSA) is 81.1 Å². The molecule has 0 saturated carbocycles. The normalized spacial score (nSPS) is 21.8. The molecule has 2 aliphatic heterocycles. The van der Waals surface area contributed by atoms with E-state index < -0.39 is 17.6 Å². The van der Waals surface area contributed by atoms with Crippen LogP contribution in [0.5, 0.6) is 0 Å². The van der Waals surface area contributed by atoms with E-state index in [0.29, 0.717) is 6.54 Å². The van der Waals surface area contributed by atoms with Crippen LogP contribution in [0.1, 0.15) is 19.3 Å². The van der Waals surface area contributed by atoms with E-state index in [4.69, 9.17) is 5.11 Å². The van der Waals surface area contributed by atoms with Crippen LogP contribution < -0.4 is 0 Å². The highest BCUT2D eigenvalue weighted by molar-refractivity contribution is 6.04. The van der Waals surface area contributed by atoms with Crippen LogP contribution in [0.25, 0.3) is 0 Å². The van der Waals surface area contributed by atoms with E-state index in [1.807, 2.05) is 0 Å². The Morgan fingerprint density at radius 3 is 2.39 bits per heavy atom. The Hall–Kier alpha value is -1.56. The number of aliphatic hydroxyl groups is 1. The minimum absolute atomic E-state index is 0.00778. The first-order valence-corrected chi connectivity index (χ1v) is 6.26. The summed E-state index contributed by atoms with van der Waals surface area (Å²) in [6.45, 7) is 3.29. The third-order valence-electron chi connectivity index (χ3n) is 3.52. The summed E-state index contributed by atoms with van der Waals surface area (Å²) in [5.41, 5.74) is -0.196. The van der Waals surface area contributed by atoms with Gasteiger partial charge < -0.3 is 20.0 Å². The van der Waals surface area contributed by atoms with Crippen molar-refractivity contribution in [3.05, 3.63) is 11.3 Å². The Kier molecular flexibility index (Phi) is 3.86. The molecule has 6 heteroatoms. The summed E-state index contributed by atoms with van der Waals surface area (Å²) in [6, 6.07) is 0. The van der Waals surface area contributed by atoms with Crippen molar-refractivity contribution >= 4 is 11.9 Å². The number of carbonyl (C=O) groups is 2. The smallest absolute Gasteiger partial charge is 0.337 e. The Labute approximate surface area is 105 Å². The molecule has 1 amide bonds. The fourth-order valence-corrected chi connectivity index (χ4v) is 2.41. The predicted molar refractivity (Wildman–Crippen MR) is 64.2 cm³/mol. The van der Waals surface area contributed by atoms with Crippen molar-refractivity contribution in [2.45, 2.75) is 19.3 Å². The molecule has 18 heavy (non-hydrogen) atoms. The largest absolute Gasteiger partial charge is 0.503 e. The molecule has 1 fully saturated rings. The van der Waals surface area contributed by atoms with E-state index in [0.717, 1.165) is 19.6 Å². The molecular formula is C12H18N2O4. The second-order valence-corrected chi connectivity index (χ2v) is 4.76. The Morgan fingerprint density at radius 2 is 1.83 bits per heavy atom. The maximum Gasteiger partial charge on any atom is 0.337 e. The summed E-state index contributed by atoms with van der Waals surface area (Å²) in [7, 11) is 0. The number of aliphatic hydroxyl groups excluding tert-OH is 1. The fourth-order valence-electron chi connectivity index (χ4n) is 2.41. The van der Waals surface area contributed by atoms with Crippen molar-refractivity contribution in [2.75, 3.05) is 32.7 Å². The minimum Gasteiger partial charge on any atom is -0.503 e. The van der Waals surface area contributed by atoms with Crippen LogP contribution in [0, 0.1) is 0 Å². The molecule has 0 bridgehead atoms. The molecule has 0 aromatic heterocycles. The molecule has 2 rings (SSSR count). The Balaban J connectivity index is 1.85. The number of aliphatic carboxylic acids is 1. The van der Waals surface area contributed by atoms with Crippen LogP contribution in [-0.2, 0) is 9.59 Å². The highest BCUT2D eigenvalue weighted by Crippen LogP contribution is 2.17. The van der Waals surface area contributed by atoms with Gasteiger partial charge in [0.25, 0.3) is 5.91 Å². The molecule has 0 aliphatic carbocycles. The molecule has 0 spiro atoms. The lowest BCUT2D eigenvalue weighted by Gasteiger charge is -2.28. The van der Waals surface area contributed by atoms with Crippen LogP contribution in [0.2, 0.25) is 0 Å². The molecule has 2 N–H and O–H groups in total. The number of carboxylic acids is 1. The number of likely N-dealkylation sites (tertiary alicyclic amines) is 1. The summed E-state index contributed by atoms with van der Waals surface area (Å²) >= 11 is 0. The summed E-state index contributed by atoms with van der Waals surface area (Å²) in [5.74, 6) is -2.40. The SMILES string of the molecule is O=C(O)C1=C(O)C(=O)N(CCN2CCCCC2)C1. The maximum atomic E-state index is 11.6. The lowest BCUT2D eigenvalue weighted by atomic mass is 10.1. The van der Waals surface area contributed by atoms with Crippen LogP contribution in [0.15, 0.2) is 11.3 Å². The van der Waals surface area contributed by atoms with Gasteiger partial charge in [-0.15, -0.1) is 0 Å². The first kappa shape index (κ1) is 12.9. The molecule has 0 aromatic rings. The molecule has 6 nitrogen and oxygen atoms in total. The quantitative estimate of drug-likeness (QED) is 0.749. The van der Waals surface area contributed by atoms with Crippen molar-refractivity contribution < 1.29 is 19.8 Å². The average Bonchev–Trinajstić information content (AvgIpc) is 2.65. The van der Waals surface area contributed by atoms with Crippen LogP contribution in [0.3, 0.4) is 0 Å². The molecule has 0 radical (unpaired) electrons. The number of carbonyl (C=O) groups excluding carboxylic acids is 1. The first-order valence-electron chi connectivity index (χ1n) is 6.26. The molecule has 2 aliphatic rings. The second-order valence-electron chi connectivity index (χ2n) is 4.76. The van der Waals surface area contributed by atoms with Gasteiger partial charge in [-0.3, -0.25) is 4.79 Å². The maximum absolute atomic E-state index is 11.6. The Bertz CT molecular complexity index is 386. The van der Waals surface area contributed by atoms with Gasteiger partial charge in [-0.25, -0.2) is 4.79 Å². The van der Waals surface area contributed by atoms with E-state index in [9.17, 15) is 14.7 Å². The summed E-state index contributed by atoms with van der Waals surface area (Å²) in [4.78, 5) is 26.1. The van der Waals surface area contributed by atoms with Crippen molar-refractivity contribution in [3.8, 4) is 0 Å². The zero-order valence-electron chi connectivity index (χ0n) is 10.3. The standard InChI is InChI=1S/C12H18N2O4/c15-10-9(12(17)18)8-14(11(10)16)7-6-13-4-2-1-3-5-13/h15H,1-8H2,(H,17,18). The van der Waals surface area contributed by atoms with Gasteiger partial charge in [0.1, 0.15) is 5.57 Å². The lowest BCUT2D eigenvalue weighted by Crippen LogP contribution is -2.39. The van der Waals surface area contributed by atoms with Gasteiger partial charge in [-0.2, -0.15) is 0 Å². The van der Waals surface area contributed by atoms with Gasteiger partial charge in [0.05, 0.1) is 6.54 Å². The van der Waals surface area contributed by atoms with Gasteiger partial charge in [0.15, 0.2) is 5.76 Å². The lowest BCUT2D eigenvalue weighted by molar-refractivity contribution is -0.133. The molecule has 0 unspecified atom stereocenters. The predicted octanol–water partition coefficient (Wildman–Crippen LogP) is 0.211. The fraction of sp³-hybridized carbons (Fsp3) is 0.667. The number of carboxylic acid groups (broad SMARTS) is 1. The van der Waals surface area contributed by atoms with Crippen molar-refractivity contribution in [3.63, 3.8) is 0 Å².